The number of hydrogen-bond acceptors (Lipinski definition) is 5. The van der Waals surface area contributed by atoms with Crippen LogP contribution in [-0.4, -0.2) is 27.1 Å². The molecule has 1 heterocycles. The smallest absolute Gasteiger partial charge is 0.306 e. The number of carbonyl (C=O) groups excluding carboxylic acids is 1. The standard InChI is InChI=1S/C13H16O5S/c1-9-3-5-11(6-4-9)19(15,16)17-8-12-10(2)7-13(14)18-12/h3-6,10,12H,7-8H2,1-2H3/t10-,12+/m0/s1. The molecule has 1 saturated heterocycles. The molecule has 1 aromatic rings. The van der Waals surface area contributed by atoms with Crippen molar-refractivity contribution < 1.29 is 22.1 Å². The molecule has 0 aliphatic carbocycles. The maximum absolute atomic E-state index is 11.9. The predicted molar refractivity (Wildman–Crippen MR) is 68.0 cm³/mol. The van der Waals surface area contributed by atoms with Crippen LogP contribution >= 0.6 is 0 Å². The molecule has 2 rings (SSSR count). The Hall–Kier alpha value is -1.40. The van der Waals surface area contributed by atoms with Gasteiger partial charge in [-0.2, -0.15) is 8.42 Å². The quantitative estimate of drug-likeness (QED) is 0.621. The molecule has 5 nitrogen and oxygen atoms in total. The number of benzene rings is 1. The lowest BCUT2D eigenvalue weighted by Crippen LogP contribution is -2.23. The Bertz CT molecular complexity index is 561. The highest BCUT2D eigenvalue weighted by Crippen LogP contribution is 2.23. The maximum atomic E-state index is 11.9. The highest BCUT2D eigenvalue weighted by Gasteiger charge is 2.33. The summed E-state index contributed by atoms with van der Waals surface area (Å²) in [5.74, 6) is -0.338. The van der Waals surface area contributed by atoms with E-state index in [0.29, 0.717) is 6.42 Å². The number of rotatable bonds is 4. The summed E-state index contributed by atoms with van der Waals surface area (Å²) in [6, 6.07) is 6.40. The van der Waals surface area contributed by atoms with E-state index < -0.39 is 16.2 Å². The lowest BCUT2D eigenvalue weighted by atomic mass is 10.1. The first-order chi connectivity index (χ1) is 8.88. The molecule has 0 N–H and O–H groups in total. The number of carbonyl (C=O) groups is 1. The molecule has 1 fully saturated rings. The van der Waals surface area contributed by atoms with Crippen molar-refractivity contribution >= 4 is 16.1 Å². The van der Waals surface area contributed by atoms with Crippen LogP contribution < -0.4 is 0 Å². The zero-order valence-electron chi connectivity index (χ0n) is 10.8. The largest absolute Gasteiger partial charge is 0.460 e. The fraction of sp³-hybridized carbons (Fsp3) is 0.462. The summed E-state index contributed by atoms with van der Waals surface area (Å²) in [6.45, 7) is 3.57. The zero-order chi connectivity index (χ0) is 14.0. The fourth-order valence-corrected chi connectivity index (χ4v) is 2.77. The summed E-state index contributed by atoms with van der Waals surface area (Å²) in [4.78, 5) is 11.2. The molecule has 1 aliphatic heterocycles. The molecule has 0 amide bonds. The van der Waals surface area contributed by atoms with Crippen LogP contribution in [0.3, 0.4) is 0 Å². The van der Waals surface area contributed by atoms with Crippen LogP contribution in [0.1, 0.15) is 18.9 Å². The van der Waals surface area contributed by atoms with E-state index in [-0.39, 0.29) is 23.4 Å². The first-order valence-electron chi connectivity index (χ1n) is 6.04. The molecule has 0 radical (unpaired) electrons. The van der Waals surface area contributed by atoms with Crippen molar-refractivity contribution in [3.05, 3.63) is 29.8 Å². The number of aryl methyl sites for hydroxylation is 1. The number of esters is 1. The van der Waals surface area contributed by atoms with E-state index in [0.717, 1.165) is 5.56 Å². The monoisotopic (exact) mass is 284 g/mol. The van der Waals surface area contributed by atoms with Crippen molar-refractivity contribution in [2.75, 3.05) is 6.61 Å². The van der Waals surface area contributed by atoms with Gasteiger partial charge >= 0.3 is 5.97 Å². The van der Waals surface area contributed by atoms with Gasteiger partial charge in [0, 0.05) is 5.92 Å². The molecule has 2 atom stereocenters. The lowest BCUT2D eigenvalue weighted by Gasteiger charge is -2.13. The molecule has 0 saturated carbocycles. The molecule has 0 bridgehead atoms. The number of ether oxygens (including phenoxy) is 1. The lowest BCUT2D eigenvalue weighted by molar-refractivity contribution is -0.142. The first kappa shape index (κ1) is 14.0. The second kappa shape index (κ2) is 5.30. The Labute approximate surface area is 112 Å². The Morgan fingerprint density at radius 3 is 2.47 bits per heavy atom. The van der Waals surface area contributed by atoms with Crippen LogP contribution in [0.5, 0.6) is 0 Å². The molecule has 1 aromatic carbocycles. The summed E-state index contributed by atoms with van der Waals surface area (Å²) < 4.78 is 33.8. The molecule has 19 heavy (non-hydrogen) atoms. The average Bonchev–Trinajstić information content (AvgIpc) is 2.66. The molecule has 1 aliphatic rings. The molecular weight excluding hydrogens is 268 g/mol. The summed E-state index contributed by atoms with van der Waals surface area (Å²) in [6.07, 6.45) is -0.189. The molecule has 0 unspecified atom stereocenters. The van der Waals surface area contributed by atoms with Gasteiger partial charge in [-0.15, -0.1) is 0 Å². The van der Waals surface area contributed by atoms with Crippen LogP contribution in [0.2, 0.25) is 0 Å². The van der Waals surface area contributed by atoms with Gasteiger partial charge in [0.2, 0.25) is 0 Å². The Balaban J connectivity index is 2.02. The van der Waals surface area contributed by atoms with Crippen LogP contribution in [-0.2, 0) is 23.8 Å². The zero-order valence-corrected chi connectivity index (χ0v) is 11.6. The van der Waals surface area contributed by atoms with E-state index >= 15 is 0 Å². The van der Waals surface area contributed by atoms with Gasteiger partial charge in [0.05, 0.1) is 11.3 Å². The van der Waals surface area contributed by atoms with Gasteiger partial charge in [-0.1, -0.05) is 24.6 Å². The third-order valence-electron chi connectivity index (χ3n) is 3.10. The molecule has 0 aromatic heterocycles. The van der Waals surface area contributed by atoms with Gasteiger partial charge in [0.15, 0.2) is 0 Å². The Morgan fingerprint density at radius 1 is 1.32 bits per heavy atom. The fourth-order valence-electron chi connectivity index (χ4n) is 1.86. The normalized spacial score (nSPS) is 23.4. The van der Waals surface area contributed by atoms with Gasteiger partial charge in [0.25, 0.3) is 10.1 Å². The van der Waals surface area contributed by atoms with Gasteiger partial charge in [-0.05, 0) is 19.1 Å². The van der Waals surface area contributed by atoms with Gasteiger partial charge in [0.1, 0.15) is 12.7 Å². The summed E-state index contributed by atoms with van der Waals surface area (Å²) in [5.41, 5.74) is 0.970. The van der Waals surface area contributed by atoms with E-state index in [4.69, 9.17) is 8.92 Å². The molecule has 0 spiro atoms. The Kier molecular flexibility index (Phi) is 3.91. The van der Waals surface area contributed by atoms with E-state index in [1.54, 1.807) is 12.1 Å². The van der Waals surface area contributed by atoms with Crippen LogP contribution in [0, 0.1) is 12.8 Å². The third kappa shape index (κ3) is 3.33. The van der Waals surface area contributed by atoms with Crippen LogP contribution in [0.25, 0.3) is 0 Å². The Morgan fingerprint density at radius 2 is 1.95 bits per heavy atom. The van der Waals surface area contributed by atoms with Gasteiger partial charge < -0.3 is 4.74 Å². The average molecular weight is 284 g/mol. The highest BCUT2D eigenvalue weighted by molar-refractivity contribution is 7.86. The minimum atomic E-state index is -3.80. The minimum Gasteiger partial charge on any atom is -0.460 e. The van der Waals surface area contributed by atoms with E-state index in [9.17, 15) is 13.2 Å². The summed E-state index contributed by atoms with van der Waals surface area (Å²) in [5, 5.41) is 0. The van der Waals surface area contributed by atoms with Crippen molar-refractivity contribution in [3.8, 4) is 0 Å². The topological polar surface area (TPSA) is 69.7 Å². The third-order valence-corrected chi connectivity index (χ3v) is 4.40. The number of hydrogen-bond donors (Lipinski definition) is 0. The minimum absolute atomic E-state index is 0.0271. The molecule has 6 heteroatoms. The molecule has 104 valence electrons. The highest BCUT2D eigenvalue weighted by atomic mass is 32.2. The van der Waals surface area contributed by atoms with Crippen molar-refractivity contribution in [1.29, 1.82) is 0 Å². The van der Waals surface area contributed by atoms with E-state index in [2.05, 4.69) is 0 Å². The second-order valence-corrected chi connectivity index (χ2v) is 6.38. The number of cyclic esters (lactones) is 1. The van der Waals surface area contributed by atoms with Gasteiger partial charge in [-0.3, -0.25) is 8.98 Å². The predicted octanol–water partition coefficient (Wildman–Crippen LogP) is 1.65. The van der Waals surface area contributed by atoms with Crippen molar-refractivity contribution in [2.45, 2.75) is 31.3 Å². The van der Waals surface area contributed by atoms with Crippen molar-refractivity contribution in [1.82, 2.24) is 0 Å². The van der Waals surface area contributed by atoms with E-state index in [1.165, 1.54) is 12.1 Å². The van der Waals surface area contributed by atoms with Crippen LogP contribution in [0.15, 0.2) is 29.2 Å². The first-order valence-corrected chi connectivity index (χ1v) is 7.45. The maximum Gasteiger partial charge on any atom is 0.306 e. The summed E-state index contributed by atoms with van der Waals surface area (Å²) >= 11 is 0. The van der Waals surface area contributed by atoms with Crippen LogP contribution in [0.4, 0.5) is 0 Å². The van der Waals surface area contributed by atoms with Gasteiger partial charge in [-0.25, -0.2) is 0 Å². The molecular formula is C13H16O5S. The van der Waals surface area contributed by atoms with Crippen molar-refractivity contribution in [3.63, 3.8) is 0 Å². The van der Waals surface area contributed by atoms with Crippen molar-refractivity contribution in [2.24, 2.45) is 5.92 Å². The van der Waals surface area contributed by atoms with E-state index in [1.807, 2.05) is 13.8 Å². The SMILES string of the molecule is Cc1ccc(S(=O)(=O)OC[C@H]2OC(=O)C[C@@H]2C)cc1. The summed E-state index contributed by atoms with van der Waals surface area (Å²) in [7, 11) is -3.80. The second-order valence-electron chi connectivity index (χ2n) is 4.76.